The zero-order chi connectivity index (χ0) is 14.4. The van der Waals surface area contributed by atoms with E-state index in [0.29, 0.717) is 11.5 Å². The Hall–Kier alpha value is -0.930. The van der Waals surface area contributed by atoms with E-state index in [2.05, 4.69) is 5.43 Å². The molecule has 0 radical (unpaired) electrons. The Labute approximate surface area is 126 Å². The lowest BCUT2D eigenvalue weighted by atomic mass is 9.47. The SMILES string of the molecule is NNC(Cc1ccc(F)cc1)C12CC3CC(CC(C3)C1)C2. The molecule has 4 saturated carbocycles. The van der Waals surface area contributed by atoms with Crippen molar-refractivity contribution in [1.29, 1.82) is 0 Å². The fraction of sp³-hybridized carbons (Fsp3) is 0.667. The third-order valence-corrected chi connectivity index (χ3v) is 6.38. The van der Waals surface area contributed by atoms with Crippen LogP contribution in [0, 0.1) is 29.0 Å². The summed E-state index contributed by atoms with van der Waals surface area (Å²) in [5.41, 5.74) is 4.71. The highest BCUT2D eigenvalue weighted by molar-refractivity contribution is 5.19. The number of halogens is 1. The Balaban J connectivity index is 1.56. The summed E-state index contributed by atoms with van der Waals surface area (Å²) in [4.78, 5) is 0. The van der Waals surface area contributed by atoms with Gasteiger partial charge in [0.15, 0.2) is 0 Å². The van der Waals surface area contributed by atoms with Gasteiger partial charge < -0.3 is 0 Å². The van der Waals surface area contributed by atoms with Gasteiger partial charge in [-0.3, -0.25) is 11.3 Å². The van der Waals surface area contributed by atoms with E-state index in [9.17, 15) is 4.39 Å². The lowest BCUT2D eigenvalue weighted by Gasteiger charge is -2.59. The first kappa shape index (κ1) is 13.7. The van der Waals surface area contributed by atoms with Gasteiger partial charge in [-0.2, -0.15) is 0 Å². The first-order valence-electron chi connectivity index (χ1n) is 8.37. The van der Waals surface area contributed by atoms with Crippen molar-refractivity contribution >= 4 is 0 Å². The highest BCUT2D eigenvalue weighted by Gasteiger charge is 2.53. The Morgan fingerprint density at radius 3 is 2.05 bits per heavy atom. The van der Waals surface area contributed by atoms with E-state index in [1.807, 2.05) is 12.1 Å². The van der Waals surface area contributed by atoms with E-state index >= 15 is 0 Å². The summed E-state index contributed by atoms with van der Waals surface area (Å²) < 4.78 is 13.1. The molecule has 0 aromatic heterocycles. The molecule has 0 aliphatic heterocycles. The molecule has 0 amide bonds. The van der Waals surface area contributed by atoms with E-state index in [1.165, 1.54) is 44.1 Å². The summed E-state index contributed by atoms with van der Waals surface area (Å²) in [5.74, 6) is 8.58. The van der Waals surface area contributed by atoms with Crippen molar-refractivity contribution in [3.8, 4) is 0 Å². The average molecular weight is 288 g/mol. The van der Waals surface area contributed by atoms with Crippen molar-refractivity contribution in [3.05, 3.63) is 35.6 Å². The molecule has 0 heterocycles. The van der Waals surface area contributed by atoms with Gasteiger partial charge in [0.25, 0.3) is 0 Å². The van der Waals surface area contributed by atoms with E-state index in [4.69, 9.17) is 5.84 Å². The van der Waals surface area contributed by atoms with Gasteiger partial charge in [0.05, 0.1) is 0 Å². The monoisotopic (exact) mass is 288 g/mol. The molecule has 114 valence electrons. The summed E-state index contributed by atoms with van der Waals surface area (Å²) in [5, 5.41) is 0. The first-order chi connectivity index (χ1) is 10.2. The highest BCUT2D eigenvalue weighted by Crippen LogP contribution is 2.61. The topological polar surface area (TPSA) is 38.0 Å². The minimum absolute atomic E-state index is 0.161. The normalized spacial score (nSPS) is 38.7. The Morgan fingerprint density at radius 2 is 1.57 bits per heavy atom. The van der Waals surface area contributed by atoms with Crippen LogP contribution in [0.5, 0.6) is 0 Å². The predicted molar refractivity (Wildman–Crippen MR) is 81.8 cm³/mol. The number of rotatable bonds is 4. The molecule has 1 aromatic rings. The number of nitrogens with two attached hydrogens (primary N) is 1. The largest absolute Gasteiger partial charge is 0.271 e. The quantitative estimate of drug-likeness (QED) is 0.658. The number of hydrogen-bond donors (Lipinski definition) is 2. The van der Waals surface area contributed by atoms with Crippen molar-refractivity contribution in [3.63, 3.8) is 0 Å². The summed E-state index contributed by atoms with van der Waals surface area (Å²) in [6.07, 6.45) is 9.30. The van der Waals surface area contributed by atoms with Gasteiger partial charge in [-0.05, 0) is 85.8 Å². The van der Waals surface area contributed by atoms with Crippen LogP contribution in [0.2, 0.25) is 0 Å². The Morgan fingerprint density at radius 1 is 1.05 bits per heavy atom. The maximum absolute atomic E-state index is 13.1. The van der Waals surface area contributed by atoms with E-state index in [-0.39, 0.29) is 5.82 Å². The van der Waals surface area contributed by atoms with E-state index in [0.717, 1.165) is 24.2 Å². The fourth-order valence-electron chi connectivity index (χ4n) is 5.91. The minimum atomic E-state index is -0.161. The zero-order valence-corrected chi connectivity index (χ0v) is 12.5. The molecule has 0 spiro atoms. The highest BCUT2D eigenvalue weighted by atomic mass is 19.1. The smallest absolute Gasteiger partial charge is 0.123 e. The molecule has 1 aromatic carbocycles. The maximum atomic E-state index is 13.1. The molecule has 0 saturated heterocycles. The van der Waals surface area contributed by atoms with Crippen LogP contribution in [0.3, 0.4) is 0 Å². The molecule has 3 heteroatoms. The second-order valence-electron chi connectivity index (χ2n) is 7.83. The number of hydrogen-bond acceptors (Lipinski definition) is 2. The number of benzene rings is 1. The van der Waals surface area contributed by atoms with Crippen LogP contribution in [-0.4, -0.2) is 6.04 Å². The molecule has 5 rings (SSSR count). The van der Waals surface area contributed by atoms with Crippen LogP contribution < -0.4 is 11.3 Å². The standard InChI is InChI=1S/C18H25FN2/c19-16-3-1-12(2-4-16)8-17(21-20)18-9-13-5-14(10-18)7-15(6-13)11-18/h1-4,13-15,17,21H,5-11,20H2. The minimum Gasteiger partial charge on any atom is -0.271 e. The summed E-state index contributed by atoms with van der Waals surface area (Å²) in [7, 11) is 0. The van der Waals surface area contributed by atoms with E-state index in [1.54, 1.807) is 12.1 Å². The van der Waals surface area contributed by atoms with Crippen molar-refractivity contribution in [2.24, 2.45) is 29.0 Å². The van der Waals surface area contributed by atoms with Gasteiger partial charge in [-0.15, -0.1) is 0 Å². The van der Waals surface area contributed by atoms with Crippen LogP contribution in [0.1, 0.15) is 44.1 Å². The molecule has 4 aliphatic carbocycles. The summed E-state index contributed by atoms with van der Waals surface area (Å²) in [6, 6.07) is 7.25. The lowest BCUT2D eigenvalue weighted by molar-refractivity contribution is -0.0737. The molecule has 1 atom stereocenters. The summed E-state index contributed by atoms with van der Waals surface area (Å²) >= 11 is 0. The van der Waals surface area contributed by atoms with Gasteiger partial charge in [-0.25, -0.2) is 4.39 Å². The molecule has 3 N–H and O–H groups in total. The fourth-order valence-corrected chi connectivity index (χ4v) is 5.91. The van der Waals surface area contributed by atoms with Gasteiger partial charge in [0, 0.05) is 6.04 Å². The van der Waals surface area contributed by atoms with Crippen LogP contribution in [-0.2, 0) is 6.42 Å². The van der Waals surface area contributed by atoms with Crippen LogP contribution in [0.15, 0.2) is 24.3 Å². The Bertz CT molecular complexity index is 475. The van der Waals surface area contributed by atoms with Crippen molar-refractivity contribution in [1.82, 2.24) is 5.43 Å². The van der Waals surface area contributed by atoms with Crippen molar-refractivity contribution in [2.45, 2.75) is 51.0 Å². The van der Waals surface area contributed by atoms with Crippen molar-refractivity contribution in [2.75, 3.05) is 0 Å². The Kier molecular flexibility index (Phi) is 3.31. The third kappa shape index (κ3) is 2.40. The number of nitrogens with one attached hydrogen (secondary N) is 1. The predicted octanol–water partition coefficient (Wildman–Crippen LogP) is 3.42. The van der Waals surface area contributed by atoms with Crippen LogP contribution >= 0.6 is 0 Å². The van der Waals surface area contributed by atoms with Crippen molar-refractivity contribution < 1.29 is 4.39 Å². The first-order valence-corrected chi connectivity index (χ1v) is 8.37. The van der Waals surface area contributed by atoms with Crippen LogP contribution in [0.25, 0.3) is 0 Å². The lowest BCUT2D eigenvalue weighted by Crippen LogP contribution is -2.58. The molecule has 1 unspecified atom stereocenters. The molecule has 4 aliphatic rings. The summed E-state index contributed by atoms with van der Waals surface area (Å²) in [6.45, 7) is 0. The van der Waals surface area contributed by atoms with E-state index < -0.39 is 0 Å². The molecule has 4 fully saturated rings. The molecular formula is C18H25FN2. The average Bonchev–Trinajstić information content (AvgIpc) is 2.45. The molecule has 2 nitrogen and oxygen atoms in total. The number of hydrazine groups is 1. The third-order valence-electron chi connectivity index (χ3n) is 6.38. The molecule has 4 bridgehead atoms. The molecule has 21 heavy (non-hydrogen) atoms. The zero-order valence-electron chi connectivity index (χ0n) is 12.5. The maximum Gasteiger partial charge on any atom is 0.123 e. The van der Waals surface area contributed by atoms with Gasteiger partial charge in [0.1, 0.15) is 5.82 Å². The van der Waals surface area contributed by atoms with Gasteiger partial charge in [-0.1, -0.05) is 12.1 Å². The van der Waals surface area contributed by atoms with Crippen LogP contribution in [0.4, 0.5) is 4.39 Å². The van der Waals surface area contributed by atoms with Gasteiger partial charge in [0.2, 0.25) is 0 Å². The second-order valence-corrected chi connectivity index (χ2v) is 7.83. The second kappa shape index (κ2) is 5.06. The molecular weight excluding hydrogens is 263 g/mol. The van der Waals surface area contributed by atoms with Gasteiger partial charge >= 0.3 is 0 Å².